The summed E-state index contributed by atoms with van der Waals surface area (Å²) in [6.07, 6.45) is 5.75. The third kappa shape index (κ3) is 1.98. The molecule has 78 valence electrons. The van der Waals surface area contributed by atoms with Gasteiger partial charge in [0.1, 0.15) is 6.23 Å². The van der Waals surface area contributed by atoms with Crippen LogP contribution in [-0.2, 0) is 4.74 Å². The zero-order valence-corrected chi connectivity index (χ0v) is 8.94. The Hall–Kier alpha value is -0.830. The Morgan fingerprint density at radius 2 is 2.36 bits per heavy atom. The maximum absolute atomic E-state index is 5.66. The van der Waals surface area contributed by atoms with Crippen LogP contribution in [0.5, 0.6) is 0 Å². The second-order valence-corrected chi connectivity index (χ2v) is 4.20. The fraction of sp³-hybridized carbons (Fsp3) is 0.727. The van der Waals surface area contributed by atoms with Gasteiger partial charge in [-0.05, 0) is 31.2 Å². The largest absolute Gasteiger partial charge is 0.357 e. The molecule has 1 aromatic heterocycles. The quantitative estimate of drug-likeness (QED) is 0.723. The monoisotopic (exact) mass is 194 g/mol. The van der Waals surface area contributed by atoms with E-state index in [4.69, 9.17) is 4.74 Å². The molecule has 1 atom stereocenters. The molecule has 1 fully saturated rings. The van der Waals surface area contributed by atoms with E-state index in [1.54, 1.807) is 0 Å². The van der Waals surface area contributed by atoms with E-state index in [0.29, 0.717) is 5.92 Å². The lowest BCUT2D eigenvalue weighted by molar-refractivity contribution is -0.0397. The molecular formula is C11H18N2O. The summed E-state index contributed by atoms with van der Waals surface area (Å²) in [5.41, 5.74) is 1.15. The minimum Gasteiger partial charge on any atom is -0.357 e. The Labute approximate surface area is 85.1 Å². The molecule has 0 bridgehead atoms. The van der Waals surface area contributed by atoms with E-state index < -0.39 is 0 Å². The van der Waals surface area contributed by atoms with Crippen molar-refractivity contribution in [2.45, 2.75) is 45.3 Å². The van der Waals surface area contributed by atoms with Crippen LogP contribution in [0, 0.1) is 0 Å². The number of aromatic nitrogens is 2. The number of hydrogen-bond acceptors (Lipinski definition) is 2. The van der Waals surface area contributed by atoms with Crippen LogP contribution in [0.4, 0.5) is 0 Å². The van der Waals surface area contributed by atoms with Crippen molar-refractivity contribution in [3.63, 3.8) is 0 Å². The van der Waals surface area contributed by atoms with E-state index in [0.717, 1.165) is 18.7 Å². The molecule has 3 nitrogen and oxygen atoms in total. The van der Waals surface area contributed by atoms with Gasteiger partial charge < -0.3 is 4.74 Å². The summed E-state index contributed by atoms with van der Waals surface area (Å²) in [5.74, 6) is 0.500. The molecule has 0 N–H and O–H groups in total. The van der Waals surface area contributed by atoms with E-state index >= 15 is 0 Å². The summed E-state index contributed by atoms with van der Waals surface area (Å²) in [4.78, 5) is 0. The van der Waals surface area contributed by atoms with Gasteiger partial charge in [-0.1, -0.05) is 13.8 Å². The SMILES string of the molecule is CC(C)c1ccn(C2CCCCO2)n1. The zero-order valence-electron chi connectivity index (χ0n) is 8.94. The lowest BCUT2D eigenvalue weighted by atomic mass is 10.1. The molecule has 1 unspecified atom stereocenters. The molecular weight excluding hydrogens is 176 g/mol. The summed E-state index contributed by atoms with van der Waals surface area (Å²) in [7, 11) is 0. The molecule has 0 saturated carbocycles. The van der Waals surface area contributed by atoms with E-state index in [-0.39, 0.29) is 6.23 Å². The van der Waals surface area contributed by atoms with Crippen molar-refractivity contribution >= 4 is 0 Å². The molecule has 14 heavy (non-hydrogen) atoms. The molecule has 1 saturated heterocycles. The fourth-order valence-corrected chi connectivity index (χ4v) is 1.75. The van der Waals surface area contributed by atoms with Crippen LogP contribution in [-0.4, -0.2) is 16.4 Å². The lowest BCUT2D eigenvalue weighted by Gasteiger charge is -2.22. The van der Waals surface area contributed by atoms with Crippen molar-refractivity contribution in [2.75, 3.05) is 6.61 Å². The summed E-state index contributed by atoms with van der Waals surface area (Å²) in [5, 5.41) is 4.53. The van der Waals surface area contributed by atoms with Crippen LogP contribution >= 0.6 is 0 Å². The van der Waals surface area contributed by atoms with Gasteiger partial charge in [-0.15, -0.1) is 0 Å². The van der Waals surface area contributed by atoms with Crippen molar-refractivity contribution in [2.24, 2.45) is 0 Å². The van der Waals surface area contributed by atoms with Crippen molar-refractivity contribution in [3.05, 3.63) is 18.0 Å². The molecule has 1 aliphatic rings. The van der Waals surface area contributed by atoms with Crippen LogP contribution in [0.2, 0.25) is 0 Å². The number of ether oxygens (including phenoxy) is 1. The Bertz CT molecular complexity index is 287. The number of hydrogen-bond donors (Lipinski definition) is 0. The first kappa shape index (κ1) is 9.71. The van der Waals surface area contributed by atoms with E-state index in [2.05, 4.69) is 25.0 Å². The topological polar surface area (TPSA) is 27.1 Å². The summed E-state index contributed by atoms with van der Waals surface area (Å²) in [6.45, 7) is 5.20. The number of nitrogens with zero attached hydrogens (tertiary/aromatic N) is 2. The molecule has 0 aliphatic carbocycles. The minimum absolute atomic E-state index is 0.177. The van der Waals surface area contributed by atoms with Gasteiger partial charge in [0, 0.05) is 12.8 Å². The normalized spacial score (nSPS) is 22.9. The Morgan fingerprint density at radius 1 is 1.50 bits per heavy atom. The van der Waals surface area contributed by atoms with Crippen LogP contribution in [0.1, 0.15) is 50.9 Å². The Balaban J connectivity index is 2.07. The van der Waals surface area contributed by atoms with Crippen LogP contribution in [0.3, 0.4) is 0 Å². The van der Waals surface area contributed by atoms with Gasteiger partial charge >= 0.3 is 0 Å². The summed E-state index contributed by atoms with van der Waals surface area (Å²) >= 11 is 0. The van der Waals surface area contributed by atoms with Gasteiger partial charge in [-0.25, -0.2) is 4.68 Å². The first-order valence-electron chi connectivity index (χ1n) is 5.44. The average Bonchev–Trinajstić information content (AvgIpc) is 2.68. The molecule has 2 rings (SSSR count). The third-order valence-corrected chi connectivity index (χ3v) is 2.67. The second-order valence-electron chi connectivity index (χ2n) is 4.20. The first-order chi connectivity index (χ1) is 6.77. The molecule has 3 heteroatoms. The standard InChI is InChI=1S/C11H18N2O/c1-9(2)10-6-7-13(12-10)11-5-3-4-8-14-11/h6-7,9,11H,3-5,8H2,1-2H3. The average molecular weight is 194 g/mol. The number of rotatable bonds is 2. The van der Waals surface area contributed by atoms with Gasteiger partial charge in [0.25, 0.3) is 0 Å². The van der Waals surface area contributed by atoms with E-state index in [9.17, 15) is 0 Å². The van der Waals surface area contributed by atoms with Gasteiger partial charge in [0.15, 0.2) is 0 Å². The van der Waals surface area contributed by atoms with Crippen molar-refractivity contribution in [1.29, 1.82) is 0 Å². The predicted octanol–water partition coefficient (Wildman–Crippen LogP) is 2.71. The third-order valence-electron chi connectivity index (χ3n) is 2.67. The van der Waals surface area contributed by atoms with Gasteiger partial charge in [-0.3, -0.25) is 0 Å². The highest BCUT2D eigenvalue weighted by atomic mass is 16.5. The van der Waals surface area contributed by atoms with Crippen molar-refractivity contribution in [3.8, 4) is 0 Å². The van der Waals surface area contributed by atoms with Gasteiger partial charge in [-0.2, -0.15) is 5.10 Å². The Kier molecular flexibility index (Phi) is 2.87. The van der Waals surface area contributed by atoms with Crippen LogP contribution in [0.25, 0.3) is 0 Å². The first-order valence-corrected chi connectivity index (χ1v) is 5.44. The van der Waals surface area contributed by atoms with Crippen LogP contribution in [0.15, 0.2) is 12.3 Å². The molecule has 0 amide bonds. The molecule has 0 spiro atoms. The highest BCUT2D eigenvalue weighted by Crippen LogP contribution is 2.22. The van der Waals surface area contributed by atoms with Crippen molar-refractivity contribution in [1.82, 2.24) is 9.78 Å². The molecule has 0 aromatic carbocycles. The highest BCUT2D eigenvalue weighted by Gasteiger charge is 2.16. The molecule has 1 aliphatic heterocycles. The smallest absolute Gasteiger partial charge is 0.150 e. The zero-order chi connectivity index (χ0) is 9.97. The molecule has 0 radical (unpaired) electrons. The maximum atomic E-state index is 5.66. The maximum Gasteiger partial charge on any atom is 0.150 e. The summed E-state index contributed by atoms with van der Waals surface area (Å²) < 4.78 is 7.62. The minimum atomic E-state index is 0.177. The van der Waals surface area contributed by atoms with E-state index in [1.807, 2.05) is 10.9 Å². The molecule has 1 aromatic rings. The Morgan fingerprint density at radius 3 is 2.93 bits per heavy atom. The van der Waals surface area contributed by atoms with E-state index in [1.165, 1.54) is 12.8 Å². The fourth-order valence-electron chi connectivity index (χ4n) is 1.75. The second kappa shape index (κ2) is 4.13. The highest BCUT2D eigenvalue weighted by molar-refractivity contribution is 5.04. The van der Waals surface area contributed by atoms with Gasteiger partial charge in [0.05, 0.1) is 5.69 Å². The predicted molar refractivity (Wildman–Crippen MR) is 55.2 cm³/mol. The van der Waals surface area contributed by atoms with Crippen LogP contribution < -0.4 is 0 Å². The van der Waals surface area contributed by atoms with Gasteiger partial charge in [0.2, 0.25) is 0 Å². The lowest BCUT2D eigenvalue weighted by Crippen LogP contribution is -2.18. The summed E-state index contributed by atoms with van der Waals surface area (Å²) in [6, 6.07) is 2.09. The molecule has 2 heterocycles. The van der Waals surface area contributed by atoms with Crippen molar-refractivity contribution < 1.29 is 4.74 Å².